The maximum absolute atomic E-state index is 13.1. The summed E-state index contributed by atoms with van der Waals surface area (Å²) in [6.45, 7) is 1.26. The van der Waals surface area contributed by atoms with E-state index in [0.29, 0.717) is 6.54 Å². The van der Waals surface area contributed by atoms with Crippen LogP contribution in [0.5, 0.6) is 0 Å². The van der Waals surface area contributed by atoms with Gasteiger partial charge in [-0.15, -0.1) is 0 Å². The normalized spacial score (nSPS) is 10.9. The molecule has 0 unspecified atom stereocenters. The lowest BCUT2D eigenvalue weighted by Crippen LogP contribution is -2.21. The maximum atomic E-state index is 13.1. The predicted octanol–water partition coefficient (Wildman–Crippen LogP) is 3.67. The molecular weight excluding hydrogens is 272 g/mol. The molecule has 110 valence electrons. The second-order valence-corrected chi connectivity index (χ2v) is 5.05. The fourth-order valence-corrected chi connectivity index (χ4v) is 2.13. The second-order valence-electron chi connectivity index (χ2n) is 5.05. The Balaban J connectivity index is 1.88. The Hall–Kier alpha value is -2.07. The minimum Gasteiger partial charge on any atom is -0.302 e. The highest BCUT2D eigenvalue weighted by Crippen LogP contribution is 2.11. The van der Waals surface area contributed by atoms with Gasteiger partial charge in [0.05, 0.1) is 0 Å². The van der Waals surface area contributed by atoms with Crippen molar-refractivity contribution in [2.75, 3.05) is 13.6 Å². The zero-order valence-corrected chi connectivity index (χ0v) is 11.9. The fraction of sp³-hybridized carbons (Fsp3) is 0.235. The van der Waals surface area contributed by atoms with E-state index in [-0.39, 0.29) is 17.8 Å². The summed E-state index contributed by atoms with van der Waals surface area (Å²) in [5.41, 5.74) is 1.24. The topological polar surface area (TPSA) is 20.3 Å². The van der Waals surface area contributed by atoms with Gasteiger partial charge in [-0.3, -0.25) is 4.79 Å². The van der Waals surface area contributed by atoms with Crippen LogP contribution in [0.4, 0.5) is 8.78 Å². The molecule has 0 aliphatic heterocycles. The Morgan fingerprint density at radius 2 is 1.67 bits per heavy atom. The lowest BCUT2D eigenvalue weighted by Gasteiger charge is -2.16. The van der Waals surface area contributed by atoms with Crippen LogP contribution in [-0.2, 0) is 6.54 Å². The molecule has 0 aliphatic carbocycles. The third-order valence-corrected chi connectivity index (χ3v) is 3.20. The first kappa shape index (κ1) is 15.3. The maximum Gasteiger partial charge on any atom is 0.164 e. The van der Waals surface area contributed by atoms with Crippen molar-refractivity contribution in [3.63, 3.8) is 0 Å². The number of rotatable bonds is 6. The standard InChI is InChI=1S/C17H17F2NO/c1-20(12-13-5-3-2-4-6-13)8-7-17(21)14-9-15(18)11-16(19)10-14/h2-6,9-11H,7-8,12H2,1H3. The van der Waals surface area contributed by atoms with E-state index in [1.165, 1.54) is 0 Å². The third kappa shape index (κ3) is 4.76. The fourth-order valence-electron chi connectivity index (χ4n) is 2.13. The number of halogens is 2. The summed E-state index contributed by atoms with van der Waals surface area (Å²) in [7, 11) is 1.91. The molecule has 0 bridgehead atoms. The van der Waals surface area contributed by atoms with Crippen molar-refractivity contribution in [3.05, 3.63) is 71.3 Å². The van der Waals surface area contributed by atoms with E-state index in [1.54, 1.807) is 0 Å². The number of Topliss-reactive ketones (excluding diaryl/α,β-unsaturated/α-hetero) is 1. The van der Waals surface area contributed by atoms with Gasteiger partial charge in [-0.1, -0.05) is 30.3 Å². The monoisotopic (exact) mass is 289 g/mol. The molecule has 0 radical (unpaired) electrons. The molecule has 0 N–H and O–H groups in total. The molecule has 21 heavy (non-hydrogen) atoms. The highest BCUT2D eigenvalue weighted by atomic mass is 19.1. The first-order chi connectivity index (χ1) is 10.0. The van der Waals surface area contributed by atoms with Crippen molar-refractivity contribution in [1.82, 2.24) is 4.90 Å². The molecule has 0 spiro atoms. The lowest BCUT2D eigenvalue weighted by molar-refractivity contribution is 0.0967. The van der Waals surface area contributed by atoms with Crippen molar-refractivity contribution in [1.29, 1.82) is 0 Å². The van der Waals surface area contributed by atoms with Crippen molar-refractivity contribution in [3.8, 4) is 0 Å². The van der Waals surface area contributed by atoms with E-state index in [9.17, 15) is 13.6 Å². The molecule has 0 atom stereocenters. The number of carbonyl (C=O) groups excluding carboxylic acids is 1. The van der Waals surface area contributed by atoms with Gasteiger partial charge in [0.25, 0.3) is 0 Å². The van der Waals surface area contributed by atoms with E-state index < -0.39 is 11.6 Å². The van der Waals surface area contributed by atoms with E-state index >= 15 is 0 Å². The van der Waals surface area contributed by atoms with Gasteiger partial charge in [0, 0.05) is 31.1 Å². The Labute approximate surface area is 123 Å². The average molecular weight is 289 g/mol. The Bertz CT molecular complexity index is 593. The van der Waals surface area contributed by atoms with Crippen LogP contribution < -0.4 is 0 Å². The minimum absolute atomic E-state index is 0.0839. The van der Waals surface area contributed by atoms with E-state index in [4.69, 9.17) is 0 Å². The molecule has 0 aliphatic rings. The number of hydrogen-bond donors (Lipinski definition) is 0. The van der Waals surface area contributed by atoms with Crippen molar-refractivity contribution in [2.45, 2.75) is 13.0 Å². The lowest BCUT2D eigenvalue weighted by atomic mass is 10.1. The molecule has 0 saturated carbocycles. The van der Waals surface area contributed by atoms with E-state index in [0.717, 1.165) is 30.3 Å². The van der Waals surface area contributed by atoms with Gasteiger partial charge in [-0.05, 0) is 24.7 Å². The van der Waals surface area contributed by atoms with Gasteiger partial charge in [0.15, 0.2) is 5.78 Å². The quantitative estimate of drug-likeness (QED) is 0.756. The van der Waals surface area contributed by atoms with Crippen LogP contribution in [0, 0.1) is 11.6 Å². The van der Waals surface area contributed by atoms with Gasteiger partial charge >= 0.3 is 0 Å². The van der Waals surface area contributed by atoms with Gasteiger partial charge in [-0.2, -0.15) is 0 Å². The summed E-state index contributed by atoms with van der Waals surface area (Å²) in [6, 6.07) is 12.8. The van der Waals surface area contributed by atoms with E-state index in [1.807, 2.05) is 42.3 Å². The highest BCUT2D eigenvalue weighted by Gasteiger charge is 2.10. The molecular formula is C17H17F2NO. The molecule has 0 aromatic heterocycles. The minimum atomic E-state index is -0.726. The molecule has 2 nitrogen and oxygen atoms in total. The van der Waals surface area contributed by atoms with Crippen molar-refractivity contribution < 1.29 is 13.6 Å². The zero-order valence-electron chi connectivity index (χ0n) is 11.9. The molecule has 0 amide bonds. The molecule has 0 fully saturated rings. The summed E-state index contributed by atoms with van der Waals surface area (Å²) < 4.78 is 26.1. The van der Waals surface area contributed by atoms with Crippen LogP contribution in [0.3, 0.4) is 0 Å². The van der Waals surface area contributed by atoms with Gasteiger partial charge in [0.1, 0.15) is 11.6 Å². The first-order valence-corrected chi connectivity index (χ1v) is 6.76. The molecule has 2 aromatic carbocycles. The predicted molar refractivity (Wildman–Crippen MR) is 78.1 cm³/mol. The van der Waals surface area contributed by atoms with Crippen LogP contribution in [0.1, 0.15) is 22.3 Å². The zero-order chi connectivity index (χ0) is 15.2. The number of ketones is 1. The average Bonchev–Trinajstić information content (AvgIpc) is 2.45. The van der Waals surface area contributed by atoms with Crippen LogP contribution in [0.2, 0.25) is 0 Å². The summed E-state index contributed by atoms with van der Waals surface area (Å²) in [5, 5.41) is 0. The molecule has 2 aromatic rings. The largest absolute Gasteiger partial charge is 0.302 e. The van der Waals surface area contributed by atoms with Crippen molar-refractivity contribution >= 4 is 5.78 Å². The summed E-state index contributed by atoms with van der Waals surface area (Å²) in [5.74, 6) is -1.71. The molecule has 4 heteroatoms. The number of carbonyl (C=O) groups is 1. The van der Waals surface area contributed by atoms with Crippen LogP contribution in [0.25, 0.3) is 0 Å². The number of benzene rings is 2. The summed E-state index contributed by atoms with van der Waals surface area (Å²) >= 11 is 0. The van der Waals surface area contributed by atoms with Gasteiger partial charge < -0.3 is 4.90 Å². The summed E-state index contributed by atoms with van der Waals surface area (Å²) in [6.07, 6.45) is 0.228. The smallest absolute Gasteiger partial charge is 0.164 e. The highest BCUT2D eigenvalue weighted by molar-refractivity contribution is 5.96. The van der Waals surface area contributed by atoms with Crippen molar-refractivity contribution in [2.24, 2.45) is 0 Å². The Morgan fingerprint density at radius 3 is 2.29 bits per heavy atom. The third-order valence-electron chi connectivity index (χ3n) is 3.20. The number of nitrogens with zero attached hydrogens (tertiary/aromatic N) is 1. The summed E-state index contributed by atoms with van der Waals surface area (Å²) in [4.78, 5) is 13.9. The van der Waals surface area contributed by atoms with Crippen LogP contribution in [-0.4, -0.2) is 24.3 Å². The molecule has 2 rings (SSSR count). The van der Waals surface area contributed by atoms with Gasteiger partial charge in [-0.25, -0.2) is 8.78 Å². The molecule has 0 heterocycles. The van der Waals surface area contributed by atoms with Crippen LogP contribution in [0.15, 0.2) is 48.5 Å². The first-order valence-electron chi connectivity index (χ1n) is 6.76. The van der Waals surface area contributed by atoms with Gasteiger partial charge in [0.2, 0.25) is 0 Å². The SMILES string of the molecule is CN(CCC(=O)c1cc(F)cc(F)c1)Cc1ccccc1. The Morgan fingerprint density at radius 1 is 1.05 bits per heavy atom. The Kier molecular flexibility index (Phi) is 5.17. The number of hydrogen-bond acceptors (Lipinski definition) is 2. The second kappa shape index (κ2) is 7.09. The molecule has 0 saturated heterocycles. The van der Waals surface area contributed by atoms with E-state index in [2.05, 4.69) is 0 Å². The van der Waals surface area contributed by atoms with Crippen LogP contribution >= 0.6 is 0 Å².